The van der Waals surface area contributed by atoms with Gasteiger partial charge in [-0.3, -0.25) is 4.79 Å². The van der Waals surface area contributed by atoms with Crippen LogP contribution in [0.5, 0.6) is 0 Å². The van der Waals surface area contributed by atoms with Gasteiger partial charge in [-0.05, 0) is 51.7 Å². The van der Waals surface area contributed by atoms with E-state index in [1.165, 1.54) is 0 Å². The molecule has 106 valence electrons. The van der Waals surface area contributed by atoms with E-state index in [4.69, 9.17) is 10.5 Å². The lowest BCUT2D eigenvalue weighted by atomic mass is 9.85. The Bertz CT molecular complexity index is 267. The summed E-state index contributed by atoms with van der Waals surface area (Å²) < 4.78 is 5.14. The van der Waals surface area contributed by atoms with Crippen LogP contribution in [0.2, 0.25) is 0 Å². The molecule has 4 heteroatoms. The summed E-state index contributed by atoms with van der Waals surface area (Å²) in [6.45, 7) is 9.72. The highest BCUT2D eigenvalue weighted by molar-refractivity contribution is 5.81. The van der Waals surface area contributed by atoms with Gasteiger partial charge in [0.25, 0.3) is 0 Å². The van der Waals surface area contributed by atoms with Gasteiger partial charge in [0, 0.05) is 0 Å². The molecule has 0 amide bonds. The molecule has 0 aromatic carbocycles. The van der Waals surface area contributed by atoms with E-state index in [1.54, 1.807) is 0 Å². The number of rotatable bonds is 7. The van der Waals surface area contributed by atoms with Crippen molar-refractivity contribution in [1.29, 1.82) is 0 Å². The number of hydrogen-bond acceptors (Lipinski definition) is 4. The Labute approximate surface area is 111 Å². The summed E-state index contributed by atoms with van der Waals surface area (Å²) in [5, 5.41) is 0. The maximum Gasteiger partial charge on any atom is 0.326 e. The number of ether oxygens (including phenoxy) is 1. The van der Waals surface area contributed by atoms with E-state index >= 15 is 0 Å². The van der Waals surface area contributed by atoms with Crippen LogP contribution in [0, 0.1) is 5.92 Å². The van der Waals surface area contributed by atoms with Crippen LogP contribution in [-0.2, 0) is 9.53 Å². The molecule has 0 spiro atoms. The van der Waals surface area contributed by atoms with Crippen molar-refractivity contribution in [3.8, 4) is 0 Å². The summed E-state index contributed by atoms with van der Waals surface area (Å²) >= 11 is 0. The van der Waals surface area contributed by atoms with Crippen LogP contribution in [0.25, 0.3) is 0 Å². The van der Waals surface area contributed by atoms with Crippen LogP contribution in [0.1, 0.15) is 46.5 Å². The smallest absolute Gasteiger partial charge is 0.326 e. The summed E-state index contributed by atoms with van der Waals surface area (Å²) in [5.41, 5.74) is 5.58. The fraction of sp³-hybridized carbons (Fsp3) is 0.929. The summed E-state index contributed by atoms with van der Waals surface area (Å²) in [4.78, 5) is 14.4. The average Bonchev–Trinajstić information content (AvgIpc) is 2.74. The average molecular weight is 256 g/mol. The van der Waals surface area contributed by atoms with Gasteiger partial charge in [-0.1, -0.05) is 20.3 Å². The molecule has 0 aromatic rings. The zero-order valence-electron chi connectivity index (χ0n) is 12.1. The number of carbonyl (C=O) groups is 1. The van der Waals surface area contributed by atoms with Gasteiger partial charge >= 0.3 is 5.97 Å². The largest absolute Gasteiger partial charge is 0.465 e. The van der Waals surface area contributed by atoms with Crippen LogP contribution < -0.4 is 5.73 Å². The molecular formula is C14H28N2O2. The molecule has 4 nitrogen and oxygen atoms in total. The molecule has 0 heterocycles. The Balaban J connectivity index is 2.55. The number of hydrogen-bond donors (Lipinski definition) is 1. The van der Waals surface area contributed by atoms with Gasteiger partial charge in [-0.25, -0.2) is 0 Å². The van der Waals surface area contributed by atoms with Gasteiger partial charge in [-0.2, -0.15) is 0 Å². The molecule has 1 saturated carbocycles. The second-order valence-corrected chi connectivity index (χ2v) is 5.17. The van der Waals surface area contributed by atoms with Gasteiger partial charge in [0.1, 0.15) is 5.54 Å². The quantitative estimate of drug-likeness (QED) is 0.705. The van der Waals surface area contributed by atoms with Gasteiger partial charge < -0.3 is 15.4 Å². The normalized spacial score (nSPS) is 27.7. The van der Waals surface area contributed by atoms with E-state index in [9.17, 15) is 4.79 Å². The number of nitrogens with zero attached hydrogens (tertiary/aromatic N) is 1. The van der Waals surface area contributed by atoms with Crippen molar-refractivity contribution >= 4 is 5.97 Å². The van der Waals surface area contributed by atoms with Crippen LogP contribution in [-0.4, -0.2) is 42.6 Å². The van der Waals surface area contributed by atoms with Crippen molar-refractivity contribution in [3.05, 3.63) is 0 Å². The van der Waals surface area contributed by atoms with E-state index in [1.807, 2.05) is 6.92 Å². The fourth-order valence-corrected chi connectivity index (χ4v) is 2.92. The van der Waals surface area contributed by atoms with Crippen LogP contribution in [0.4, 0.5) is 0 Å². The van der Waals surface area contributed by atoms with Crippen molar-refractivity contribution in [2.45, 2.75) is 52.0 Å². The van der Waals surface area contributed by atoms with Crippen LogP contribution >= 0.6 is 0 Å². The molecule has 0 radical (unpaired) electrons. The van der Waals surface area contributed by atoms with Gasteiger partial charge in [-0.15, -0.1) is 0 Å². The first-order valence-electron chi connectivity index (χ1n) is 7.26. The van der Waals surface area contributed by atoms with E-state index in [0.29, 0.717) is 6.61 Å². The number of nitrogens with two attached hydrogens (primary N) is 1. The molecule has 1 aliphatic rings. The minimum absolute atomic E-state index is 0.202. The first kappa shape index (κ1) is 15.4. The van der Waals surface area contributed by atoms with E-state index in [0.717, 1.165) is 45.3 Å². The molecule has 2 N–H and O–H groups in total. The van der Waals surface area contributed by atoms with Crippen molar-refractivity contribution in [2.75, 3.05) is 26.2 Å². The minimum atomic E-state index is -0.733. The second-order valence-electron chi connectivity index (χ2n) is 5.17. The molecular weight excluding hydrogens is 228 g/mol. The lowest BCUT2D eigenvalue weighted by Crippen LogP contribution is -2.52. The first-order chi connectivity index (χ1) is 8.58. The highest BCUT2D eigenvalue weighted by atomic mass is 16.5. The first-order valence-corrected chi connectivity index (χ1v) is 7.26. The maximum absolute atomic E-state index is 12.0. The number of carbonyl (C=O) groups excluding carboxylic acids is 1. The molecule has 0 aliphatic heterocycles. The molecule has 1 rings (SSSR count). The predicted molar refractivity (Wildman–Crippen MR) is 73.3 cm³/mol. The standard InChI is InChI=1S/C14H28N2O2/c1-4-16(5-2)11-9-12-8-7-10-14(12,15)13(17)18-6-3/h12H,4-11,15H2,1-3H3. The SMILES string of the molecule is CCOC(=O)C1(N)CCCC1CCN(CC)CC. The molecule has 2 unspecified atom stereocenters. The van der Waals surface area contributed by atoms with Crippen molar-refractivity contribution in [1.82, 2.24) is 4.90 Å². The summed E-state index contributed by atoms with van der Waals surface area (Å²) in [6, 6.07) is 0. The Morgan fingerprint density at radius 2 is 2.06 bits per heavy atom. The molecule has 0 aromatic heterocycles. The van der Waals surface area contributed by atoms with E-state index in [-0.39, 0.29) is 11.9 Å². The van der Waals surface area contributed by atoms with Gasteiger partial charge in [0.05, 0.1) is 6.61 Å². The molecule has 18 heavy (non-hydrogen) atoms. The Hall–Kier alpha value is -0.610. The Morgan fingerprint density at radius 3 is 2.61 bits per heavy atom. The van der Waals surface area contributed by atoms with Crippen LogP contribution in [0.15, 0.2) is 0 Å². The van der Waals surface area contributed by atoms with Crippen molar-refractivity contribution in [3.63, 3.8) is 0 Å². The summed E-state index contributed by atoms with van der Waals surface area (Å²) in [5.74, 6) is 0.0733. The van der Waals surface area contributed by atoms with Crippen molar-refractivity contribution < 1.29 is 9.53 Å². The molecule has 2 atom stereocenters. The van der Waals surface area contributed by atoms with Gasteiger partial charge in [0.2, 0.25) is 0 Å². The molecule has 0 saturated heterocycles. The minimum Gasteiger partial charge on any atom is -0.465 e. The van der Waals surface area contributed by atoms with E-state index < -0.39 is 5.54 Å². The lowest BCUT2D eigenvalue weighted by Gasteiger charge is -2.30. The topological polar surface area (TPSA) is 55.6 Å². The maximum atomic E-state index is 12.0. The second kappa shape index (κ2) is 7.10. The van der Waals surface area contributed by atoms with E-state index in [2.05, 4.69) is 18.7 Å². The zero-order chi connectivity index (χ0) is 13.6. The Kier molecular flexibility index (Phi) is 6.09. The molecule has 1 fully saturated rings. The molecule has 0 bridgehead atoms. The highest BCUT2D eigenvalue weighted by Gasteiger charge is 2.46. The predicted octanol–water partition coefficient (Wildman–Crippen LogP) is 1.78. The highest BCUT2D eigenvalue weighted by Crippen LogP contribution is 2.37. The Morgan fingerprint density at radius 1 is 1.39 bits per heavy atom. The third kappa shape index (κ3) is 3.45. The number of esters is 1. The third-order valence-electron chi connectivity index (χ3n) is 4.22. The monoisotopic (exact) mass is 256 g/mol. The van der Waals surface area contributed by atoms with Gasteiger partial charge in [0.15, 0.2) is 0 Å². The third-order valence-corrected chi connectivity index (χ3v) is 4.22. The summed E-state index contributed by atoms with van der Waals surface area (Å²) in [6.07, 6.45) is 3.86. The fourth-order valence-electron chi connectivity index (χ4n) is 2.92. The summed E-state index contributed by atoms with van der Waals surface area (Å²) in [7, 11) is 0. The zero-order valence-corrected chi connectivity index (χ0v) is 12.1. The molecule has 1 aliphatic carbocycles. The van der Waals surface area contributed by atoms with Crippen LogP contribution in [0.3, 0.4) is 0 Å². The lowest BCUT2D eigenvalue weighted by molar-refractivity contribution is -0.151. The van der Waals surface area contributed by atoms with Crippen molar-refractivity contribution in [2.24, 2.45) is 11.7 Å².